The van der Waals surface area contributed by atoms with E-state index >= 15 is 0 Å². The number of fused-ring (bicyclic) bond motifs is 1. The summed E-state index contributed by atoms with van der Waals surface area (Å²) in [5.74, 6) is 0. The van der Waals surface area contributed by atoms with Gasteiger partial charge in [0.2, 0.25) is 0 Å². The predicted octanol–water partition coefficient (Wildman–Crippen LogP) is 4.98. The van der Waals surface area contributed by atoms with E-state index in [0.717, 1.165) is 30.8 Å². The fourth-order valence-corrected chi connectivity index (χ4v) is 4.32. The number of urea groups is 1. The van der Waals surface area contributed by atoms with Crippen LogP contribution in [-0.2, 0) is 13.0 Å². The zero-order chi connectivity index (χ0) is 22.5. The van der Waals surface area contributed by atoms with Gasteiger partial charge in [0.25, 0.3) is 0 Å². The van der Waals surface area contributed by atoms with Gasteiger partial charge in [-0.05, 0) is 59.9 Å². The largest absolute Gasteiger partial charge is 0.378 e. The van der Waals surface area contributed by atoms with Crippen LogP contribution >= 0.6 is 0 Å². The smallest absolute Gasteiger partial charge is 0.319 e. The second-order valence-corrected chi connectivity index (χ2v) is 8.70. The number of carbonyl (C=O) groups excluding carboxylic acids is 1. The number of aryl methyl sites for hydroxylation is 1. The lowest BCUT2D eigenvalue weighted by atomic mass is 9.96. The van der Waals surface area contributed by atoms with Crippen molar-refractivity contribution in [1.29, 1.82) is 0 Å². The van der Waals surface area contributed by atoms with Crippen LogP contribution in [-0.4, -0.2) is 38.1 Å². The van der Waals surface area contributed by atoms with Crippen LogP contribution in [0.1, 0.15) is 28.3 Å². The number of rotatable bonds is 6. The fraction of sp³-hybridized carbons (Fsp3) is 0.296. The molecule has 3 aromatic carbocycles. The molecule has 4 rings (SSSR count). The first-order valence-electron chi connectivity index (χ1n) is 11.2. The van der Waals surface area contributed by atoms with Crippen molar-refractivity contribution >= 4 is 17.4 Å². The van der Waals surface area contributed by atoms with Crippen molar-refractivity contribution in [2.75, 3.05) is 37.4 Å². The maximum atomic E-state index is 12.6. The molecule has 1 heterocycles. The Balaban J connectivity index is 1.50. The molecule has 2 amide bonds. The summed E-state index contributed by atoms with van der Waals surface area (Å²) in [5.41, 5.74) is 7.11. The Morgan fingerprint density at radius 1 is 1.00 bits per heavy atom. The van der Waals surface area contributed by atoms with Crippen LogP contribution < -0.4 is 15.5 Å². The van der Waals surface area contributed by atoms with Crippen molar-refractivity contribution in [2.24, 2.45) is 0 Å². The molecule has 1 aliphatic rings. The molecular weight excluding hydrogens is 396 g/mol. The molecule has 166 valence electrons. The van der Waals surface area contributed by atoms with Crippen molar-refractivity contribution in [3.8, 4) is 0 Å². The van der Waals surface area contributed by atoms with Crippen LogP contribution in [0.25, 0.3) is 0 Å². The zero-order valence-electron chi connectivity index (χ0n) is 19.1. The number of nitrogens with zero attached hydrogens (tertiary/aromatic N) is 2. The minimum absolute atomic E-state index is 0.0998. The van der Waals surface area contributed by atoms with Crippen LogP contribution in [0.3, 0.4) is 0 Å². The highest BCUT2D eigenvalue weighted by Gasteiger charge is 2.25. The van der Waals surface area contributed by atoms with Gasteiger partial charge in [0.1, 0.15) is 0 Å². The summed E-state index contributed by atoms with van der Waals surface area (Å²) in [6.45, 7) is 4.42. The quantitative estimate of drug-likeness (QED) is 0.582. The van der Waals surface area contributed by atoms with E-state index in [4.69, 9.17) is 0 Å². The SMILES string of the molecule is Cc1cccc(NC(=O)NC[C@H](c2ccc(N(C)C)cc2)N2CCc3ccccc3C2)c1. The molecule has 0 bridgehead atoms. The van der Waals surface area contributed by atoms with Crippen LogP contribution in [0.2, 0.25) is 0 Å². The van der Waals surface area contributed by atoms with E-state index in [1.807, 2.05) is 45.3 Å². The van der Waals surface area contributed by atoms with Crippen molar-refractivity contribution in [3.05, 3.63) is 95.1 Å². The number of anilines is 2. The normalized spacial score (nSPS) is 14.3. The van der Waals surface area contributed by atoms with E-state index < -0.39 is 0 Å². The van der Waals surface area contributed by atoms with Crippen molar-refractivity contribution in [3.63, 3.8) is 0 Å². The summed E-state index contributed by atoms with van der Waals surface area (Å²) in [6, 6.07) is 25.1. The van der Waals surface area contributed by atoms with Gasteiger partial charge in [-0.15, -0.1) is 0 Å². The molecule has 0 saturated carbocycles. The van der Waals surface area contributed by atoms with Gasteiger partial charge in [0.15, 0.2) is 0 Å². The van der Waals surface area contributed by atoms with Gasteiger partial charge in [-0.2, -0.15) is 0 Å². The molecule has 5 heteroatoms. The van der Waals surface area contributed by atoms with E-state index in [2.05, 4.69) is 69.0 Å². The van der Waals surface area contributed by atoms with E-state index in [1.165, 1.54) is 22.4 Å². The number of amides is 2. The molecule has 0 radical (unpaired) electrons. The molecule has 3 aromatic rings. The third-order valence-corrected chi connectivity index (χ3v) is 6.13. The average molecular weight is 429 g/mol. The lowest BCUT2D eigenvalue weighted by molar-refractivity contribution is 0.175. The van der Waals surface area contributed by atoms with Crippen LogP contribution in [0.15, 0.2) is 72.8 Å². The highest BCUT2D eigenvalue weighted by Crippen LogP contribution is 2.28. The summed E-state index contributed by atoms with van der Waals surface area (Å²) in [7, 11) is 4.09. The van der Waals surface area contributed by atoms with Crippen LogP contribution in [0, 0.1) is 6.92 Å². The number of nitrogens with one attached hydrogen (secondary N) is 2. The first-order valence-corrected chi connectivity index (χ1v) is 11.2. The highest BCUT2D eigenvalue weighted by molar-refractivity contribution is 5.89. The summed E-state index contributed by atoms with van der Waals surface area (Å²) >= 11 is 0. The van der Waals surface area contributed by atoms with Crippen molar-refractivity contribution < 1.29 is 4.79 Å². The maximum Gasteiger partial charge on any atom is 0.319 e. The van der Waals surface area contributed by atoms with Crippen molar-refractivity contribution in [1.82, 2.24) is 10.2 Å². The molecule has 2 N–H and O–H groups in total. The molecular formula is C27H32N4O. The average Bonchev–Trinajstić information content (AvgIpc) is 2.79. The number of carbonyl (C=O) groups is 1. The van der Waals surface area contributed by atoms with Gasteiger partial charge < -0.3 is 15.5 Å². The van der Waals surface area contributed by atoms with Crippen molar-refractivity contribution in [2.45, 2.75) is 25.9 Å². The van der Waals surface area contributed by atoms with Gasteiger partial charge in [-0.1, -0.05) is 48.5 Å². The highest BCUT2D eigenvalue weighted by atomic mass is 16.2. The maximum absolute atomic E-state index is 12.6. The van der Waals surface area contributed by atoms with Gasteiger partial charge in [-0.25, -0.2) is 4.79 Å². The first-order chi connectivity index (χ1) is 15.5. The topological polar surface area (TPSA) is 47.6 Å². The standard InChI is InChI=1S/C27H32N4O/c1-20-7-6-10-24(17-20)29-27(32)28-18-26(22-11-13-25(14-12-22)30(2)3)31-16-15-21-8-4-5-9-23(21)19-31/h4-14,17,26H,15-16,18-19H2,1-3H3,(H2,28,29,32)/t26-/m1/s1. The lowest BCUT2D eigenvalue weighted by Gasteiger charge is -2.36. The van der Waals surface area contributed by atoms with Gasteiger partial charge in [0, 0.05) is 45.1 Å². The minimum atomic E-state index is -0.178. The summed E-state index contributed by atoms with van der Waals surface area (Å²) < 4.78 is 0. The Morgan fingerprint density at radius 2 is 1.75 bits per heavy atom. The first kappa shape index (κ1) is 21.9. The molecule has 5 nitrogen and oxygen atoms in total. The Hall–Kier alpha value is -3.31. The Kier molecular flexibility index (Phi) is 6.76. The predicted molar refractivity (Wildman–Crippen MR) is 132 cm³/mol. The molecule has 32 heavy (non-hydrogen) atoms. The molecule has 0 aliphatic carbocycles. The van der Waals surface area contributed by atoms with Gasteiger partial charge >= 0.3 is 6.03 Å². The Bertz CT molecular complexity index is 1060. The van der Waals surface area contributed by atoms with E-state index in [0.29, 0.717) is 6.54 Å². The monoisotopic (exact) mass is 428 g/mol. The number of hydrogen-bond acceptors (Lipinski definition) is 3. The summed E-state index contributed by atoms with van der Waals surface area (Å²) in [5, 5.41) is 6.06. The fourth-order valence-electron chi connectivity index (χ4n) is 4.32. The van der Waals surface area contributed by atoms with Crippen LogP contribution in [0.4, 0.5) is 16.2 Å². The number of benzene rings is 3. The number of hydrogen-bond donors (Lipinski definition) is 2. The molecule has 0 fully saturated rings. The lowest BCUT2D eigenvalue weighted by Crippen LogP contribution is -2.41. The summed E-state index contributed by atoms with van der Waals surface area (Å²) in [6.07, 6.45) is 1.03. The molecule has 0 aromatic heterocycles. The second-order valence-electron chi connectivity index (χ2n) is 8.70. The zero-order valence-corrected chi connectivity index (χ0v) is 19.1. The molecule has 0 spiro atoms. The minimum Gasteiger partial charge on any atom is -0.378 e. The Morgan fingerprint density at radius 3 is 2.47 bits per heavy atom. The second kappa shape index (κ2) is 9.88. The van der Waals surface area contributed by atoms with Gasteiger partial charge in [-0.3, -0.25) is 4.90 Å². The van der Waals surface area contributed by atoms with E-state index in [1.54, 1.807) is 0 Å². The van der Waals surface area contributed by atoms with Crippen LogP contribution in [0.5, 0.6) is 0 Å². The molecule has 1 aliphatic heterocycles. The third-order valence-electron chi connectivity index (χ3n) is 6.13. The van der Waals surface area contributed by atoms with E-state index in [9.17, 15) is 4.79 Å². The molecule has 0 saturated heterocycles. The molecule has 0 unspecified atom stereocenters. The third kappa shape index (κ3) is 5.29. The Labute approximate surface area is 191 Å². The van der Waals surface area contributed by atoms with Gasteiger partial charge in [0.05, 0.1) is 6.04 Å². The van der Waals surface area contributed by atoms with E-state index in [-0.39, 0.29) is 12.1 Å². The summed E-state index contributed by atoms with van der Waals surface area (Å²) in [4.78, 5) is 17.2. The molecule has 1 atom stereocenters.